The first kappa shape index (κ1) is 18.7. The Morgan fingerprint density at radius 3 is 2.60 bits per heavy atom. The normalized spacial score (nSPS) is 11.6. The molecule has 1 amide bonds. The number of benzene rings is 2. The summed E-state index contributed by atoms with van der Waals surface area (Å²) in [5, 5.41) is 13.7. The van der Waals surface area contributed by atoms with Crippen LogP contribution in [0.5, 0.6) is 5.75 Å². The Kier molecular flexibility index (Phi) is 6.77. The van der Waals surface area contributed by atoms with Crippen LogP contribution in [0, 0.1) is 10.1 Å². The third kappa shape index (κ3) is 5.46. The minimum absolute atomic E-state index is 0.0883. The number of carbonyl (C=O) groups excluding carboxylic acids is 1. The van der Waals surface area contributed by atoms with Crippen LogP contribution in [0.3, 0.4) is 0 Å². The Morgan fingerprint density at radius 2 is 2.00 bits per heavy atom. The van der Waals surface area contributed by atoms with Crippen LogP contribution in [0.15, 0.2) is 48.5 Å². The number of nitro benzene ring substituents is 1. The minimum Gasteiger partial charge on any atom is -0.482 e. The molecule has 0 aromatic heterocycles. The van der Waals surface area contributed by atoms with E-state index in [9.17, 15) is 14.9 Å². The highest BCUT2D eigenvalue weighted by atomic mass is 35.5. The van der Waals surface area contributed by atoms with Gasteiger partial charge in [0.25, 0.3) is 11.6 Å². The van der Waals surface area contributed by atoms with Crippen molar-refractivity contribution in [1.82, 2.24) is 5.32 Å². The molecule has 2 aromatic carbocycles. The average Bonchev–Trinajstić information content (AvgIpc) is 2.61. The maximum Gasteiger partial charge on any atom is 0.271 e. The number of hydrogen-bond donors (Lipinski definition) is 1. The molecule has 0 saturated heterocycles. The summed E-state index contributed by atoms with van der Waals surface area (Å²) in [6.07, 6.45) is 1.74. The standard InChI is InChI=1S/C18H19ClN2O4/c1-2-6-16(13-7-4-3-5-8-13)20-18(22)12-25-17-10-9-14(21(23)24)11-15(17)19/h3-5,7-11,16H,2,6,12H2,1H3,(H,20,22)/t16-/m1/s1. The highest BCUT2D eigenvalue weighted by Gasteiger charge is 2.15. The number of carbonyl (C=O) groups is 1. The Bertz CT molecular complexity index is 737. The van der Waals surface area contributed by atoms with Crippen LogP contribution in [0.1, 0.15) is 31.4 Å². The van der Waals surface area contributed by atoms with E-state index in [1.165, 1.54) is 18.2 Å². The van der Waals surface area contributed by atoms with Gasteiger partial charge >= 0.3 is 0 Å². The molecule has 0 aliphatic carbocycles. The molecule has 6 nitrogen and oxygen atoms in total. The molecule has 0 aliphatic heterocycles. The van der Waals surface area contributed by atoms with Crippen molar-refractivity contribution >= 4 is 23.2 Å². The second-order valence-corrected chi connectivity index (χ2v) is 5.89. The van der Waals surface area contributed by atoms with Crippen molar-refractivity contribution < 1.29 is 14.5 Å². The van der Waals surface area contributed by atoms with Gasteiger partial charge in [0.1, 0.15) is 5.75 Å². The first-order valence-electron chi connectivity index (χ1n) is 7.92. The summed E-state index contributed by atoms with van der Waals surface area (Å²) >= 11 is 5.95. The molecule has 25 heavy (non-hydrogen) atoms. The summed E-state index contributed by atoms with van der Waals surface area (Å²) < 4.78 is 5.38. The van der Waals surface area contributed by atoms with Gasteiger partial charge in [0.2, 0.25) is 0 Å². The summed E-state index contributed by atoms with van der Waals surface area (Å²) in [7, 11) is 0. The van der Waals surface area contributed by atoms with Crippen LogP contribution in [-0.2, 0) is 4.79 Å². The SMILES string of the molecule is CCC[C@@H](NC(=O)COc1ccc([N+](=O)[O-])cc1Cl)c1ccccc1. The van der Waals surface area contributed by atoms with Crippen LogP contribution < -0.4 is 10.1 Å². The smallest absolute Gasteiger partial charge is 0.271 e. The number of ether oxygens (including phenoxy) is 1. The molecule has 0 radical (unpaired) electrons. The van der Waals surface area contributed by atoms with Crippen molar-refractivity contribution in [1.29, 1.82) is 0 Å². The van der Waals surface area contributed by atoms with Crippen LogP contribution in [0.4, 0.5) is 5.69 Å². The fourth-order valence-electron chi connectivity index (χ4n) is 2.40. The van der Waals surface area contributed by atoms with Gasteiger partial charge in [-0.15, -0.1) is 0 Å². The number of rotatable bonds is 8. The summed E-state index contributed by atoms with van der Waals surface area (Å²) in [6.45, 7) is 1.83. The number of amides is 1. The second-order valence-electron chi connectivity index (χ2n) is 5.48. The fourth-order valence-corrected chi connectivity index (χ4v) is 2.63. The second kappa shape index (κ2) is 9.03. The summed E-state index contributed by atoms with van der Waals surface area (Å²) in [6, 6.07) is 13.5. The molecule has 0 aliphatic rings. The fraction of sp³-hybridized carbons (Fsp3) is 0.278. The van der Waals surface area contributed by atoms with Crippen molar-refractivity contribution in [2.45, 2.75) is 25.8 Å². The lowest BCUT2D eigenvalue weighted by atomic mass is 10.0. The predicted octanol–water partition coefficient (Wildman–Crippen LogP) is 4.28. The molecule has 2 aromatic rings. The van der Waals surface area contributed by atoms with Crippen LogP contribution in [0.25, 0.3) is 0 Å². The van der Waals surface area contributed by atoms with Crippen molar-refractivity contribution in [3.8, 4) is 5.75 Å². The lowest BCUT2D eigenvalue weighted by Crippen LogP contribution is -2.32. The molecule has 0 heterocycles. The highest BCUT2D eigenvalue weighted by Crippen LogP contribution is 2.28. The van der Waals surface area contributed by atoms with E-state index >= 15 is 0 Å². The number of hydrogen-bond acceptors (Lipinski definition) is 4. The number of non-ortho nitro benzene ring substituents is 1. The molecule has 7 heteroatoms. The van der Waals surface area contributed by atoms with Crippen LogP contribution in [0.2, 0.25) is 5.02 Å². The lowest BCUT2D eigenvalue weighted by molar-refractivity contribution is -0.384. The Labute approximate surface area is 150 Å². The van der Waals surface area contributed by atoms with Gasteiger partial charge in [-0.1, -0.05) is 55.3 Å². The molecular formula is C18H19ClN2O4. The van der Waals surface area contributed by atoms with E-state index in [1.54, 1.807) is 0 Å². The first-order valence-corrected chi connectivity index (χ1v) is 8.30. The largest absolute Gasteiger partial charge is 0.482 e. The molecule has 132 valence electrons. The third-order valence-corrected chi connectivity index (χ3v) is 3.89. The topological polar surface area (TPSA) is 81.5 Å². The van der Waals surface area contributed by atoms with Crippen LogP contribution >= 0.6 is 11.6 Å². The van der Waals surface area contributed by atoms with Crippen molar-refractivity contribution in [3.05, 3.63) is 69.2 Å². The molecule has 0 saturated carbocycles. The van der Waals surface area contributed by atoms with Crippen molar-refractivity contribution in [3.63, 3.8) is 0 Å². The van der Waals surface area contributed by atoms with Crippen LogP contribution in [-0.4, -0.2) is 17.4 Å². The van der Waals surface area contributed by atoms with Gasteiger partial charge in [0, 0.05) is 12.1 Å². The summed E-state index contributed by atoms with van der Waals surface area (Å²) in [4.78, 5) is 22.3. The predicted molar refractivity (Wildman–Crippen MR) is 95.8 cm³/mol. The number of nitrogens with one attached hydrogen (secondary N) is 1. The quantitative estimate of drug-likeness (QED) is 0.561. The van der Waals surface area contributed by atoms with E-state index in [1.807, 2.05) is 30.3 Å². The van der Waals surface area contributed by atoms with E-state index < -0.39 is 4.92 Å². The number of nitrogens with zero attached hydrogens (tertiary/aromatic N) is 1. The third-order valence-electron chi connectivity index (χ3n) is 3.60. The first-order chi connectivity index (χ1) is 12.0. The van der Waals surface area contributed by atoms with E-state index in [0.29, 0.717) is 0 Å². The van der Waals surface area contributed by atoms with E-state index in [-0.39, 0.29) is 35.0 Å². The van der Waals surface area contributed by atoms with Gasteiger partial charge in [-0.2, -0.15) is 0 Å². The van der Waals surface area contributed by atoms with Gasteiger partial charge in [-0.3, -0.25) is 14.9 Å². The van der Waals surface area contributed by atoms with Crippen molar-refractivity contribution in [2.75, 3.05) is 6.61 Å². The molecule has 0 unspecified atom stereocenters. The zero-order valence-electron chi connectivity index (χ0n) is 13.8. The summed E-state index contributed by atoms with van der Waals surface area (Å²) in [5.41, 5.74) is 0.903. The molecule has 1 atom stereocenters. The van der Waals surface area contributed by atoms with Gasteiger partial charge in [0.15, 0.2) is 6.61 Å². The zero-order chi connectivity index (χ0) is 18.2. The number of halogens is 1. The minimum atomic E-state index is -0.544. The summed E-state index contributed by atoms with van der Waals surface area (Å²) in [5.74, 6) is -0.0501. The zero-order valence-corrected chi connectivity index (χ0v) is 14.5. The Hall–Kier alpha value is -2.60. The maximum absolute atomic E-state index is 12.2. The van der Waals surface area contributed by atoms with E-state index in [2.05, 4.69) is 12.2 Å². The van der Waals surface area contributed by atoms with E-state index in [4.69, 9.17) is 16.3 Å². The van der Waals surface area contributed by atoms with Gasteiger partial charge in [0.05, 0.1) is 16.0 Å². The maximum atomic E-state index is 12.2. The highest BCUT2D eigenvalue weighted by molar-refractivity contribution is 6.32. The van der Waals surface area contributed by atoms with Gasteiger partial charge in [-0.25, -0.2) is 0 Å². The Morgan fingerprint density at radius 1 is 1.28 bits per heavy atom. The van der Waals surface area contributed by atoms with Gasteiger partial charge < -0.3 is 10.1 Å². The molecule has 1 N–H and O–H groups in total. The van der Waals surface area contributed by atoms with Gasteiger partial charge in [-0.05, 0) is 18.1 Å². The molecule has 2 rings (SSSR count). The number of nitro groups is 1. The molecule has 0 fully saturated rings. The average molecular weight is 363 g/mol. The Balaban J connectivity index is 1.96. The molecule has 0 bridgehead atoms. The molecular weight excluding hydrogens is 344 g/mol. The van der Waals surface area contributed by atoms with E-state index in [0.717, 1.165) is 18.4 Å². The molecule has 0 spiro atoms. The lowest BCUT2D eigenvalue weighted by Gasteiger charge is -2.19. The van der Waals surface area contributed by atoms with Crippen molar-refractivity contribution in [2.24, 2.45) is 0 Å². The monoisotopic (exact) mass is 362 g/mol.